The molecule has 4 nitrogen and oxygen atoms in total. The van der Waals surface area contributed by atoms with Crippen molar-refractivity contribution in [2.24, 2.45) is 0 Å². The van der Waals surface area contributed by atoms with Gasteiger partial charge in [0.2, 0.25) is 0 Å². The van der Waals surface area contributed by atoms with Crippen LogP contribution in [0.5, 0.6) is 0 Å². The van der Waals surface area contributed by atoms with Crippen LogP contribution in [0.3, 0.4) is 0 Å². The molecule has 0 aromatic carbocycles. The van der Waals surface area contributed by atoms with E-state index >= 15 is 0 Å². The Morgan fingerprint density at radius 3 is 2.94 bits per heavy atom. The molecule has 18 heavy (non-hydrogen) atoms. The van der Waals surface area contributed by atoms with Gasteiger partial charge < -0.3 is 4.98 Å². The first-order chi connectivity index (χ1) is 8.75. The van der Waals surface area contributed by atoms with Crippen molar-refractivity contribution >= 4 is 10.9 Å². The summed E-state index contributed by atoms with van der Waals surface area (Å²) in [5, 5.41) is 0.470. The van der Waals surface area contributed by atoms with Crippen LogP contribution in [0.1, 0.15) is 0 Å². The van der Waals surface area contributed by atoms with E-state index in [-0.39, 0.29) is 11.1 Å². The summed E-state index contributed by atoms with van der Waals surface area (Å²) in [5.74, 6) is -0.471. The van der Waals surface area contributed by atoms with Gasteiger partial charge in [0.1, 0.15) is 5.69 Å². The number of nitrogens with one attached hydrogen (secondary N) is 1. The number of H-pyrrole nitrogens is 1. The first-order valence-electron chi connectivity index (χ1n) is 5.33. The lowest BCUT2D eigenvalue weighted by Crippen LogP contribution is -2.04. The number of fused-ring (bicyclic) bond motifs is 1. The zero-order valence-corrected chi connectivity index (χ0v) is 9.22. The van der Waals surface area contributed by atoms with Crippen LogP contribution in [0.15, 0.2) is 47.7 Å². The normalized spacial score (nSPS) is 10.7. The maximum Gasteiger partial charge on any atom is 0.191 e. The van der Waals surface area contributed by atoms with Gasteiger partial charge in [0.25, 0.3) is 0 Å². The van der Waals surface area contributed by atoms with Gasteiger partial charge >= 0.3 is 0 Å². The molecule has 0 spiro atoms. The second-order valence-electron chi connectivity index (χ2n) is 3.80. The number of hydrogen-bond acceptors (Lipinski definition) is 3. The fraction of sp³-hybridized carbons (Fsp3) is 0. The molecule has 3 aromatic rings. The molecule has 1 N–H and O–H groups in total. The van der Waals surface area contributed by atoms with Crippen molar-refractivity contribution in [2.45, 2.75) is 0 Å². The average molecular weight is 241 g/mol. The van der Waals surface area contributed by atoms with E-state index in [9.17, 15) is 9.18 Å². The molecule has 88 valence electrons. The molecular formula is C13H8FN3O. The Morgan fingerprint density at radius 1 is 1.22 bits per heavy atom. The van der Waals surface area contributed by atoms with Gasteiger partial charge in [-0.25, -0.2) is 4.39 Å². The molecule has 3 heterocycles. The Bertz CT molecular complexity index is 782. The zero-order chi connectivity index (χ0) is 12.5. The summed E-state index contributed by atoms with van der Waals surface area (Å²) in [6.07, 6.45) is 4.52. The van der Waals surface area contributed by atoms with Crippen LogP contribution in [0.4, 0.5) is 4.39 Å². The van der Waals surface area contributed by atoms with E-state index < -0.39 is 5.82 Å². The van der Waals surface area contributed by atoms with Crippen LogP contribution in [0.25, 0.3) is 22.3 Å². The van der Waals surface area contributed by atoms with E-state index in [1.165, 1.54) is 30.6 Å². The van der Waals surface area contributed by atoms with Gasteiger partial charge in [-0.3, -0.25) is 14.8 Å². The predicted octanol–water partition coefficient (Wildman–Crippen LogP) is 2.12. The molecule has 0 aliphatic carbocycles. The van der Waals surface area contributed by atoms with Crippen LogP contribution >= 0.6 is 0 Å². The Balaban J connectivity index is 2.32. The van der Waals surface area contributed by atoms with Crippen molar-refractivity contribution in [3.8, 4) is 11.4 Å². The first kappa shape index (κ1) is 10.6. The quantitative estimate of drug-likeness (QED) is 0.710. The number of aromatic nitrogens is 3. The maximum atomic E-state index is 13.6. The number of pyridine rings is 3. The third-order valence-corrected chi connectivity index (χ3v) is 2.64. The second-order valence-corrected chi connectivity index (χ2v) is 3.80. The molecule has 3 aromatic heterocycles. The van der Waals surface area contributed by atoms with Gasteiger partial charge in [-0.15, -0.1) is 0 Å². The molecule has 0 aliphatic rings. The van der Waals surface area contributed by atoms with E-state index in [2.05, 4.69) is 15.0 Å². The Kier molecular flexibility index (Phi) is 2.37. The van der Waals surface area contributed by atoms with Gasteiger partial charge in [-0.05, 0) is 18.2 Å². The summed E-state index contributed by atoms with van der Waals surface area (Å²) in [6, 6.07) is 5.80. The Labute approximate surface area is 101 Å². The third kappa shape index (κ3) is 1.66. The Hall–Kier alpha value is -2.56. The van der Waals surface area contributed by atoms with E-state index in [0.29, 0.717) is 16.6 Å². The predicted molar refractivity (Wildman–Crippen MR) is 65.6 cm³/mol. The summed E-state index contributed by atoms with van der Waals surface area (Å²) in [5.41, 5.74) is 0.888. The molecule has 0 amide bonds. The lowest BCUT2D eigenvalue weighted by atomic mass is 10.2. The molecule has 0 saturated carbocycles. The second kappa shape index (κ2) is 4.03. The standard InChI is InChI=1S/C13H8FN3O/c14-9-2-1-4-16-13(9)11-6-12(18)8-7-15-5-3-10(8)17-11/h1-7H,(H,17,18). The van der Waals surface area contributed by atoms with E-state index in [1.54, 1.807) is 12.3 Å². The molecule has 0 atom stereocenters. The molecule has 0 bridgehead atoms. The lowest BCUT2D eigenvalue weighted by molar-refractivity contribution is 0.625. The highest BCUT2D eigenvalue weighted by Crippen LogP contribution is 2.18. The molecule has 5 heteroatoms. The topological polar surface area (TPSA) is 58.6 Å². The van der Waals surface area contributed by atoms with Crippen molar-refractivity contribution < 1.29 is 4.39 Å². The van der Waals surface area contributed by atoms with Crippen molar-refractivity contribution in [3.05, 3.63) is 58.9 Å². The summed E-state index contributed by atoms with van der Waals surface area (Å²) in [6.45, 7) is 0. The highest BCUT2D eigenvalue weighted by atomic mass is 19.1. The Morgan fingerprint density at radius 2 is 2.11 bits per heavy atom. The first-order valence-corrected chi connectivity index (χ1v) is 5.33. The van der Waals surface area contributed by atoms with Crippen molar-refractivity contribution in [1.29, 1.82) is 0 Å². The molecule has 0 unspecified atom stereocenters. The lowest BCUT2D eigenvalue weighted by Gasteiger charge is -2.04. The van der Waals surface area contributed by atoms with Crippen molar-refractivity contribution in [1.82, 2.24) is 15.0 Å². The molecule has 3 rings (SSSR count). The van der Waals surface area contributed by atoms with Crippen LogP contribution in [0.2, 0.25) is 0 Å². The van der Waals surface area contributed by atoms with Crippen molar-refractivity contribution in [3.63, 3.8) is 0 Å². The molecule has 0 aliphatic heterocycles. The van der Waals surface area contributed by atoms with Crippen LogP contribution in [-0.2, 0) is 0 Å². The monoisotopic (exact) mass is 241 g/mol. The number of halogens is 1. The highest BCUT2D eigenvalue weighted by molar-refractivity contribution is 5.79. The minimum absolute atomic E-state index is 0.133. The number of rotatable bonds is 1. The minimum atomic E-state index is -0.471. The summed E-state index contributed by atoms with van der Waals surface area (Å²) in [7, 11) is 0. The van der Waals surface area contributed by atoms with E-state index in [1.807, 2.05) is 0 Å². The molecule has 0 fully saturated rings. The summed E-state index contributed by atoms with van der Waals surface area (Å²) < 4.78 is 13.6. The van der Waals surface area contributed by atoms with Gasteiger partial charge in [0.15, 0.2) is 11.2 Å². The van der Waals surface area contributed by atoms with Gasteiger partial charge in [0.05, 0.1) is 16.6 Å². The molecule has 0 saturated heterocycles. The largest absolute Gasteiger partial charge is 0.353 e. The van der Waals surface area contributed by atoms with Gasteiger partial charge in [0, 0.05) is 24.7 Å². The molecular weight excluding hydrogens is 233 g/mol. The fourth-order valence-corrected chi connectivity index (χ4v) is 1.80. The van der Waals surface area contributed by atoms with E-state index in [4.69, 9.17) is 0 Å². The number of aromatic amines is 1. The molecule has 0 radical (unpaired) electrons. The third-order valence-electron chi connectivity index (χ3n) is 2.64. The number of hydrogen-bond donors (Lipinski definition) is 1. The minimum Gasteiger partial charge on any atom is -0.353 e. The van der Waals surface area contributed by atoms with Gasteiger partial charge in [-0.1, -0.05) is 0 Å². The van der Waals surface area contributed by atoms with Crippen LogP contribution in [0, 0.1) is 5.82 Å². The SMILES string of the molecule is O=c1cc(-c2ncccc2F)[nH]c2ccncc12. The van der Waals surface area contributed by atoms with Crippen molar-refractivity contribution in [2.75, 3.05) is 0 Å². The smallest absolute Gasteiger partial charge is 0.191 e. The zero-order valence-electron chi connectivity index (χ0n) is 9.22. The highest BCUT2D eigenvalue weighted by Gasteiger charge is 2.09. The van der Waals surface area contributed by atoms with Crippen LogP contribution in [-0.4, -0.2) is 15.0 Å². The average Bonchev–Trinajstić information content (AvgIpc) is 2.39. The van der Waals surface area contributed by atoms with E-state index in [0.717, 1.165) is 0 Å². The fourth-order valence-electron chi connectivity index (χ4n) is 1.80. The van der Waals surface area contributed by atoms with Gasteiger partial charge in [-0.2, -0.15) is 0 Å². The number of nitrogens with zero attached hydrogens (tertiary/aromatic N) is 2. The van der Waals surface area contributed by atoms with Crippen LogP contribution < -0.4 is 5.43 Å². The summed E-state index contributed by atoms with van der Waals surface area (Å²) >= 11 is 0. The maximum absolute atomic E-state index is 13.6. The summed E-state index contributed by atoms with van der Waals surface area (Å²) in [4.78, 5) is 22.7.